The molecule has 14 nitrogen and oxygen atoms in total. The number of aliphatic carboxylic acids is 1. The number of thioether (sulfide) groups is 1. The molecule has 0 aromatic carbocycles. The zero-order chi connectivity index (χ0) is 29.5. The fraction of sp³-hybridized carbons (Fsp3) is 0.731. The number of carbonyl (C=O) groups excluding carboxylic acids is 3. The first-order valence-corrected chi connectivity index (χ1v) is 15.1. The van der Waals surface area contributed by atoms with Gasteiger partial charge >= 0.3 is 5.97 Å². The van der Waals surface area contributed by atoms with E-state index < -0.39 is 23.5 Å². The van der Waals surface area contributed by atoms with Gasteiger partial charge in [-0.3, -0.25) is 19.3 Å². The lowest BCUT2D eigenvalue weighted by Gasteiger charge is -2.55. The van der Waals surface area contributed by atoms with Gasteiger partial charge in [0, 0.05) is 41.7 Å². The second-order valence-corrected chi connectivity index (χ2v) is 13.1. The number of aromatic nitrogens is 4. The predicted octanol–water partition coefficient (Wildman–Crippen LogP) is -0.608. The monoisotopic (exact) mass is 589 g/mol. The lowest BCUT2D eigenvalue weighted by molar-refractivity contribution is -0.172. The molecule has 41 heavy (non-hydrogen) atoms. The van der Waals surface area contributed by atoms with Crippen LogP contribution in [0.2, 0.25) is 0 Å². The first kappa shape index (κ1) is 29.5. The van der Waals surface area contributed by atoms with Gasteiger partial charge in [-0.05, 0) is 62.4 Å². The van der Waals surface area contributed by atoms with Crippen LogP contribution in [0.5, 0.6) is 0 Å². The number of β-lactam (4-membered cyclic amide) rings is 1. The van der Waals surface area contributed by atoms with Crippen LogP contribution in [0.15, 0.2) is 16.9 Å². The summed E-state index contributed by atoms with van der Waals surface area (Å²) in [7, 11) is 0. The van der Waals surface area contributed by atoms with Crippen molar-refractivity contribution in [2.24, 2.45) is 23.0 Å². The van der Waals surface area contributed by atoms with Crippen LogP contribution in [0.3, 0.4) is 0 Å². The highest BCUT2D eigenvalue weighted by atomic mass is 32.2. The average Bonchev–Trinajstić information content (AvgIpc) is 3.68. The molecule has 6 atom stereocenters. The lowest BCUT2D eigenvalue weighted by atomic mass is 9.64. The van der Waals surface area contributed by atoms with E-state index in [2.05, 4.69) is 26.2 Å². The Bertz CT molecular complexity index is 1220. The Morgan fingerprint density at radius 1 is 1.32 bits per heavy atom. The van der Waals surface area contributed by atoms with Crippen LogP contribution in [-0.2, 0) is 25.7 Å². The minimum absolute atomic E-state index is 0.000923. The van der Waals surface area contributed by atoms with Crippen molar-refractivity contribution >= 4 is 35.5 Å². The summed E-state index contributed by atoms with van der Waals surface area (Å²) in [4.78, 5) is 55.7. The molecule has 0 unspecified atom stereocenters. The van der Waals surface area contributed by atoms with Crippen LogP contribution in [-0.4, -0.2) is 108 Å². The summed E-state index contributed by atoms with van der Waals surface area (Å²) in [6, 6.07) is -1.26. The van der Waals surface area contributed by atoms with Crippen LogP contribution in [0.1, 0.15) is 46.5 Å². The first-order valence-electron chi connectivity index (χ1n) is 14.3. The number of nitrogens with one attached hydrogen (secondary N) is 2. The highest BCUT2D eigenvalue weighted by molar-refractivity contribution is 8.03. The SMILES string of the molecule is C[C@H]1C(S[C@@H]2CN[C@H](C(=O)N3CCC(CCN)CC3)C2)=C(C(=O)O)N2C(=O)[C@](C)([C@@H](C)NC(=O)Cn3cnnn3)[C@@H]12. The zero-order valence-electron chi connectivity index (χ0n) is 23.7. The summed E-state index contributed by atoms with van der Waals surface area (Å²) in [6.45, 7) is 8.13. The molecule has 5 heterocycles. The van der Waals surface area contributed by atoms with E-state index >= 15 is 0 Å². The Labute approximate surface area is 242 Å². The molecule has 0 radical (unpaired) electrons. The quantitative estimate of drug-likeness (QED) is 0.255. The minimum Gasteiger partial charge on any atom is -0.477 e. The Kier molecular flexibility index (Phi) is 8.39. The predicted molar refractivity (Wildman–Crippen MR) is 149 cm³/mol. The Morgan fingerprint density at radius 2 is 2.05 bits per heavy atom. The van der Waals surface area contributed by atoms with Crippen LogP contribution in [0.4, 0.5) is 0 Å². The van der Waals surface area contributed by atoms with Crippen molar-refractivity contribution in [3.05, 3.63) is 16.9 Å². The average molecular weight is 590 g/mol. The van der Waals surface area contributed by atoms with E-state index in [1.807, 2.05) is 11.8 Å². The van der Waals surface area contributed by atoms with Gasteiger partial charge in [-0.25, -0.2) is 9.48 Å². The maximum atomic E-state index is 13.5. The number of carboxylic acids is 1. The van der Waals surface area contributed by atoms with Crippen molar-refractivity contribution in [1.82, 2.24) is 40.6 Å². The van der Waals surface area contributed by atoms with Crippen molar-refractivity contribution in [3.63, 3.8) is 0 Å². The number of nitrogens with two attached hydrogens (primary N) is 1. The normalized spacial score (nSPS) is 30.8. The van der Waals surface area contributed by atoms with Crippen LogP contribution >= 0.6 is 11.8 Å². The van der Waals surface area contributed by atoms with Gasteiger partial charge < -0.3 is 26.4 Å². The summed E-state index contributed by atoms with van der Waals surface area (Å²) in [5.74, 6) is -1.39. The van der Waals surface area contributed by atoms with E-state index in [0.29, 0.717) is 30.3 Å². The highest BCUT2D eigenvalue weighted by Gasteiger charge is 2.68. The summed E-state index contributed by atoms with van der Waals surface area (Å²) in [5.41, 5.74) is 4.72. The van der Waals surface area contributed by atoms with Gasteiger partial charge in [0.15, 0.2) is 0 Å². The number of hydrogen-bond donors (Lipinski definition) is 4. The third-order valence-corrected chi connectivity index (χ3v) is 10.8. The molecule has 4 aliphatic rings. The summed E-state index contributed by atoms with van der Waals surface area (Å²) < 4.78 is 1.29. The second kappa shape index (κ2) is 11.7. The third-order valence-electron chi connectivity index (χ3n) is 9.29. The molecule has 3 saturated heterocycles. The Morgan fingerprint density at radius 3 is 2.68 bits per heavy atom. The topological polar surface area (TPSA) is 189 Å². The number of likely N-dealkylation sites (tertiary alicyclic amines) is 1. The van der Waals surface area contributed by atoms with Gasteiger partial charge in [0.25, 0.3) is 0 Å². The van der Waals surface area contributed by atoms with Gasteiger partial charge in [0.05, 0.1) is 17.5 Å². The smallest absolute Gasteiger partial charge is 0.353 e. The van der Waals surface area contributed by atoms with Crippen molar-refractivity contribution in [1.29, 1.82) is 0 Å². The molecular formula is C26H39N9O5S. The van der Waals surface area contributed by atoms with Crippen LogP contribution in [0.25, 0.3) is 0 Å². The van der Waals surface area contributed by atoms with E-state index in [1.165, 1.54) is 27.7 Å². The van der Waals surface area contributed by atoms with Crippen molar-refractivity contribution in [2.45, 2.75) is 76.4 Å². The number of rotatable bonds is 10. The van der Waals surface area contributed by atoms with Crippen LogP contribution < -0.4 is 16.4 Å². The first-order chi connectivity index (χ1) is 19.6. The molecule has 0 bridgehead atoms. The van der Waals surface area contributed by atoms with Crippen molar-refractivity contribution in [2.75, 3.05) is 26.2 Å². The molecule has 3 amide bonds. The maximum absolute atomic E-state index is 13.5. The minimum atomic E-state index is -1.15. The van der Waals surface area contributed by atoms with Crippen LogP contribution in [0, 0.1) is 17.3 Å². The second-order valence-electron chi connectivity index (χ2n) is 11.8. The number of carboxylic acid groups (broad SMARTS) is 1. The number of hydrogen-bond acceptors (Lipinski definition) is 10. The molecule has 5 rings (SSSR count). The van der Waals surface area contributed by atoms with Gasteiger partial charge in [-0.1, -0.05) is 6.92 Å². The molecule has 1 aromatic heterocycles. The molecule has 224 valence electrons. The number of nitrogens with zero attached hydrogens (tertiary/aromatic N) is 6. The van der Waals surface area contributed by atoms with Gasteiger partial charge in [-0.2, -0.15) is 0 Å². The number of fused-ring (bicyclic) bond motifs is 1. The van der Waals surface area contributed by atoms with Crippen molar-refractivity contribution < 1.29 is 24.3 Å². The number of tetrazole rings is 1. The Hall–Kier alpha value is -3.04. The molecule has 3 fully saturated rings. The summed E-state index contributed by atoms with van der Waals surface area (Å²) in [5, 5.41) is 27.1. The van der Waals surface area contributed by atoms with E-state index in [0.717, 1.165) is 32.4 Å². The van der Waals surface area contributed by atoms with E-state index in [1.54, 1.807) is 13.8 Å². The fourth-order valence-corrected chi connectivity index (χ4v) is 8.35. The molecule has 0 aliphatic carbocycles. The standard InChI is InChI=1S/C26H39N9O5S/c1-14-21(41-17-10-18(28-11-17)23(37)33-8-5-16(4-7-27)6-9-33)20(24(38)39)35-22(14)26(3,25(35)40)15(2)30-19(36)12-34-13-29-31-32-34/h13-18,22,28H,4-12,27H2,1-3H3,(H,30,36)(H,38,39)/t14-,15+,17-,18-,22+,26+/m0/s1. The molecule has 0 saturated carbocycles. The number of carbonyl (C=O) groups is 4. The highest BCUT2D eigenvalue weighted by Crippen LogP contribution is 2.57. The van der Waals surface area contributed by atoms with Gasteiger partial charge in [0.1, 0.15) is 18.6 Å². The van der Waals surface area contributed by atoms with Gasteiger partial charge in [-0.15, -0.1) is 16.9 Å². The molecule has 4 aliphatic heterocycles. The number of amides is 3. The van der Waals surface area contributed by atoms with E-state index in [9.17, 15) is 24.3 Å². The molecule has 5 N–H and O–H groups in total. The van der Waals surface area contributed by atoms with Crippen molar-refractivity contribution in [3.8, 4) is 0 Å². The summed E-state index contributed by atoms with van der Waals surface area (Å²) in [6.07, 6.45) is 4.86. The maximum Gasteiger partial charge on any atom is 0.353 e. The molecule has 0 spiro atoms. The Balaban J connectivity index is 1.22. The number of piperidine rings is 1. The largest absolute Gasteiger partial charge is 0.477 e. The van der Waals surface area contributed by atoms with E-state index in [4.69, 9.17) is 5.73 Å². The third kappa shape index (κ3) is 5.34. The molecule has 15 heteroatoms. The summed E-state index contributed by atoms with van der Waals surface area (Å²) >= 11 is 1.46. The van der Waals surface area contributed by atoms with E-state index in [-0.39, 0.29) is 47.2 Å². The van der Waals surface area contributed by atoms with Gasteiger partial charge in [0.2, 0.25) is 17.7 Å². The molecular weight excluding hydrogens is 550 g/mol. The lowest BCUT2D eigenvalue weighted by Crippen LogP contribution is -2.73. The fourth-order valence-electron chi connectivity index (χ4n) is 6.88. The zero-order valence-corrected chi connectivity index (χ0v) is 24.5. The molecule has 1 aromatic rings.